The third-order valence-electron chi connectivity index (χ3n) is 6.20. The number of aliphatic hydroxyl groups is 1. The number of nitriles is 1. The van der Waals surface area contributed by atoms with Crippen molar-refractivity contribution in [3.05, 3.63) is 22.5 Å². The van der Waals surface area contributed by atoms with Crippen molar-refractivity contribution in [1.82, 2.24) is 9.88 Å². The highest BCUT2D eigenvalue weighted by molar-refractivity contribution is 9.10. The van der Waals surface area contributed by atoms with Crippen molar-refractivity contribution in [2.45, 2.75) is 76.2 Å². The average molecular weight is 433 g/mol. The van der Waals surface area contributed by atoms with E-state index in [2.05, 4.69) is 45.0 Å². The molecule has 1 aliphatic heterocycles. The summed E-state index contributed by atoms with van der Waals surface area (Å²) in [5.74, 6) is 1.09. The van der Waals surface area contributed by atoms with Crippen LogP contribution in [0.1, 0.15) is 51.7 Å². The summed E-state index contributed by atoms with van der Waals surface area (Å²) in [6.45, 7) is 4.38. The van der Waals surface area contributed by atoms with Gasteiger partial charge in [-0.1, -0.05) is 0 Å². The van der Waals surface area contributed by atoms with Crippen LogP contribution in [-0.4, -0.2) is 45.3 Å². The highest BCUT2D eigenvalue weighted by Gasteiger charge is 2.40. The zero-order valence-electron chi connectivity index (χ0n) is 15.7. The molecule has 2 fully saturated rings. The van der Waals surface area contributed by atoms with Crippen LogP contribution in [0.5, 0.6) is 0 Å². The lowest BCUT2D eigenvalue weighted by Gasteiger charge is -2.39. The molecule has 2 aromatic rings. The van der Waals surface area contributed by atoms with Gasteiger partial charge in [-0.15, -0.1) is 0 Å². The summed E-state index contributed by atoms with van der Waals surface area (Å²) in [4.78, 5) is 7.00. The first-order chi connectivity index (χ1) is 13.0. The molecule has 144 valence electrons. The van der Waals surface area contributed by atoms with Gasteiger partial charge < -0.3 is 14.8 Å². The molecule has 3 unspecified atom stereocenters. The summed E-state index contributed by atoms with van der Waals surface area (Å²) in [7, 11) is 0. The van der Waals surface area contributed by atoms with Crippen LogP contribution in [-0.2, 0) is 0 Å². The lowest BCUT2D eigenvalue weighted by molar-refractivity contribution is 0.0730. The van der Waals surface area contributed by atoms with Crippen molar-refractivity contribution in [3.8, 4) is 6.07 Å². The third-order valence-corrected chi connectivity index (χ3v) is 7.01. The van der Waals surface area contributed by atoms with Gasteiger partial charge in [0.25, 0.3) is 0 Å². The molecule has 1 aliphatic carbocycles. The van der Waals surface area contributed by atoms with Crippen LogP contribution < -0.4 is 5.32 Å². The first-order valence-electron chi connectivity index (χ1n) is 9.68. The van der Waals surface area contributed by atoms with Gasteiger partial charge in [-0.05, 0) is 61.9 Å². The largest absolute Gasteiger partial charge is 0.444 e. The Kier molecular flexibility index (Phi) is 5.15. The number of furan rings is 1. The number of nitrogens with zero attached hydrogens (tertiary/aromatic N) is 3. The Morgan fingerprint density at radius 3 is 2.70 bits per heavy atom. The van der Waals surface area contributed by atoms with E-state index in [0.29, 0.717) is 29.5 Å². The fourth-order valence-electron chi connectivity index (χ4n) is 4.81. The van der Waals surface area contributed by atoms with Gasteiger partial charge in [0.1, 0.15) is 11.9 Å². The van der Waals surface area contributed by atoms with E-state index < -0.39 is 0 Å². The normalized spacial score (nSPS) is 31.9. The van der Waals surface area contributed by atoms with Gasteiger partial charge in [0.2, 0.25) is 5.76 Å². The maximum absolute atomic E-state index is 10.2. The second kappa shape index (κ2) is 7.42. The van der Waals surface area contributed by atoms with Gasteiger partial charge in [0.15, 0.2) is 5.58 Å². The summed E-state index contributed by atoms with van der Waals surface area (Å²) >= 11 is 3.61. The second-order valence-electron chi connectivity index (χ2n) is 7.91. The number of pyridine rings is 1. The zero-order chi connectivity index (χ0) is 19.1. The Bertz CT molecular complexity index is 869. The van der Waals surface area contributed by atoms with Crippen LogP contribution in [0.15, 0.2) is 21.2 Å². The molecule has 2 aliphatic rings. The SMILES string of the molecule is CC1CC(O)C(C)N1C1CCC(Nc2ncc3oc(C#N)cc3c2Br)CC1. The van der Waals surface area contributed by atoms with Crippen molar-refractivity contribution >= 4 is 32.7 Å². The molecule has 1 saturated carbocycles. The van der Waals surface area contributed by atoms with Crippen molar-refractivity contribution in [3.63, 3.8) is 0 Å². The number of rotatable bonds is 3. The van der Waals surface area contributed by atoms with Crippen molar-refractivity contribution in [2.75, 3.05) is 5.32 Å². The summed E-state index contributed by atoms with van der Waals surface area (Å²) < 4.78 is 6.28. The molecule has 0 aromatic carbocycles. The lowest BCUT2D eigenvalue weighted by Crippen LogP contribution is -2.46. The fourth-order valence-corrected chi connectivity index (χ4v) is 5.33. The van der Waals surface area contributed by atoms with E-state index in [1.54, 1.807) is 12.3 Å². The van der Waals surface area contributed by atoms with Crippen molar-refractivity contribution in [1.29, 1.82) is 5.26 Å². The minimum Gasteiger partial charge on any atom is -0.444 e. The van der Waals surface area contributed by atoms with E-state index in [1.165, 1.54) is 0 Å². The Labute approximate surface area is 167 Å². The number of aliphatic hydroxyl groups excluding tert-OH is 1. The Morgan fingerprint density at radius 2 is 2.07 bits per heavy atom. The minimum atomic E-state index is -0.198. The van der Waals surface area contributed by atoms with Gasteiger partial charge in [-0.25, -0.2) is 4.98 Å². The molecule has 3 heterocycles. The molecule has 3 atom stereocenters. The van der Waals surface area contributed by atoms with E-state index in [0.717, 1.165) is 47.8 Å². The van der Waals surface area contributed by atoms with E-state index in [4.69, 9.17) is 9.68 Å². The standard InChI is InChI=1S/C20H25BrN4O2/c1-11-7-17(26)12(2)25(11)14-5-3-13(4-6-14)24-20-19(21)16-8-15(9-22)27-18(16)10-23-20/h8,10-14,17,26H,3-7H2,1-2H3,(H,23,24). The van der Waals surface area contributed by atoms with Crippen LogP contribution in [0.2, 0.25) is 0 Å². The Morgan fingerprint density at radius 1 is 1.33 bits per heavy atom. The second-order valence-corrected chi connectivity index (χ2v) is 8.70. The molecule has 27 heavy (non-hydrogen) atoms. The monoisotopic (exact) mass is 432 g/mol. The first kappa shape index (κ1) is 18.7. The summed E-state index contributed by atoms with van der Waals surface area (Å²) in [5, 5.41) is 23.6. The van der Waals surface area contributed by atoms with Crippen LogP contribution in [0.25, 0.3) is 11.0 Å². The van der Waals surface area contributed by atoms with Crippen molar-refractivity contribution < 1.29 is 9.52 Å². The number of hydrogen-bond acceptors (Lipinski definition) is 6. The number of likely N-dealkylation sites (tertiary alicyclic amines) is 1. The molecular formula is C20H25BrN4O2. The molecule has 6 nitrogen and oxygen atoms in total. The lowest BCUT2D eigenvalue weighted by atomic mass is 9.89. The number of hydrogen-bond donors (Lipinski definition) is 2. The molecule has 4 rings (SSSR count). The maximum atomic E-state index is 10.2. The topological polar surface area (TPSA) is 85.3 Å². The highest BCUT2D eigenvalue weighted by Crippen LogP contribution is 2.36. The van der Waals surface area contributed by atoms with Crippen LogP contribution >= 0.6 is 15.9 Å². The van der Waals surface area contributed by atoms with Crippen LogP contribution in [0.4, 0.5) is 5.82 Å². The van der Waals surface area contributed by atoms with Gasteiger partial charge in [-0.3, -0.25) is 4.90 Å². The minimum absolute atomic E-state index is 0.198. The maximum Gasteiger partial charge on any atom is 0.204 e. The average Bonchev–Trinajstić information content (AvgIpc) is 3.19. The molecule has 2 N–H and O–H groups in total. The molecule has 0 amide bonds. The zero-order valence-corrected chi connectivity index (χ0v) is 17.2. The van der Waals surface area contributed by atoms with E-state index in [1.807, 2.05) is 6.07 Å². The number of halogens is 1. The Hall–Kier alpha value is -1.62. The predicted molar refractivity (Wildman–Crippen MR) is 107 cm³/mol. The Balaban J connectivity index is 1.42. The van der Waals surface area contributed by atoms with Gasteiger partial charge in [0.05, 0.1) is 16.8 Å². The molecular weight excluding hydrogens is 408 g/mol. The summed E-state index contributed by atoms with van der Waals surface area (Å²) in [6, 6.07) is 5.41. The van der Waals surface area contributed by atoms with Crippen LogP contribution in [0.3, 0.4) is 0 Å². The van der Waals surface area contributed by atoms with Gasteiger partial charge >= 0.3 is 0 Å². The molecule has 0 bridgehead atoms. The molecule has 2 aromatic heterocycles. The quantitative estimate of drug-likeness (QED) is 0.761. The first-order valence-corrected chi connectivity index (χ1v) is 10.5. The summed E-state index contributed by atoms with van der Waals surface area (Å²) in [5.41, 5.74) is 0.614. The summed E-state index contributed by atoms with van der Waals surface area (Å²) in [6.07, 6.45) is 6.77. The number of aromatic nitrogens is 1. The van der Waals surface area contributed by atoms with E-state index in [-0.39, 0.29) is 12.1 Å². The van der Waals surface area contributed by atoms with Gasteiger partial charge in [0, 0.05) is 35.6 Å². The smallest absolute Gasteiger partial charge is 0.204 e. The molecule has 0 spiro atoms. The highest BCUT2D eigenvalue weighted by atomic mass is 79.9. The molecule has 7 heteroatoms. The van der Waals surface area contributed by atoms with Gasteiger partial charge in [-0.2, -0.15) is 5.26 Å². The third kappa shape index (κ3) is 3.46. The number of fused-ring (bicyclic) bond motifs is 1. The van der Waals surface area contributed by atoms with E-state index >= 15 is 0 Å². The number of nitrogens with one attached hydrogen (secondary N) is 1. The number of anilines is 1. The van der Waals surface area contributed by atoms with Crippen LogP contribution in [0, 0.1) is 11.3 Å². The molecule has 1 saturated heterocycles. The van der Waals surface area contributed by atoms with Crippen molar-refractivity contribution in [2.24, 2.45) is 0 Å². The van der Waals surface area contributed by atoms with E-state index in [9.17, 15) is 5.11 Å². The molecule has 0 radical (unpaired) electrons. The fraction of sp³-hybridized carbons (Fsp3) is 0.600. The predicted octanol–water partition coefficient (Wildman–Crippen LogP) is 4.03.